The van der Waals surface area contributed by atoms with Gasteiger partial charge >= 0.3 is 6.03 Å². The predicted octanol–water partition coefficient (Wildman–Crippen LogP) is 3.95. The molecule has 5 N–H and O–H groups in total. The fraction of sp³-hybridized carbons (Fsp3) is 0.542. The second-order valence-electron chi connectivity index (χ2n) is 9.23. The zero-order valence-electron chi connectivity index (χ0n) is 19.5. The Morgan fingerprint density at radius 2 is 1.88 bits per heavy atom. The van der Waals surface area contributed by atoms with Gasteiger partial charge < -0.3 is 21.7 Å². The monoisotopic (exact) mass is 515 g/mol. The van der Waals surface area contributed by atoms with Crippen LogP contribution in [0, 0.1) is 0 Å². The molecule has 33 heavy (non-hydrogen) atoms. The molecule has 0 atom stereocenters. The molecule has 2 aromatic rings. The van der Waals surface area contributed by atoms with Gasteiger partial charge in [-0.15, -0.1) is 0 Å². The van der Waals surface area contributed by atoms with E-state index < -0.39 is 6.03 Å². The molecule has 2 aliphatic rings. The molecule has 1 heterocycles. The molecule has 178 valence electrons. The van der Waals surface area contributed by atoms with Crippen molar-refractivity contribution in [3.8, 4) is 0 Å². The highest BCUT2D eigenvalue weighted by molar-refractivity contribution is 9.10. The summed E-state index contributed by atoms with van der Waals surface area (Å²) < 4.78 is 0.936. The highest BCUT2D eigenvalue weighted by Crippen LogP contribution is 2.33. The number of aryl methyl sites for hydroxylation is 1. The molecular weight excluding hydrogens is 482 g/mol. The molecular formula is C24H34BrN7O. The summed E-state index contributed by atoms with van der Waals surface area (Å²) >= 11 is 3.48. The first-order valence-corrected chi connectivity index (χ1v) is 12.6. The normalized spacial score (nSPS) is 20.1. The van der Waals surface area contributed by atoms with Gasteiger partial charge in [0.15, 0.2) is 0 Å². The standard InChI is InChI=1S/C24H34BrN7O/c1-31(2)22-19-5-3-4-6-20(19)29-24(30-22)28-17-8-10-18(11-9-17)32(23(27)33)21-12-7-16(25)13-15(21)14-26/h7,12-13,17-18H,3-6,8-11,14,26H2,1-2H3,(H2,27,33)(H,28,29,30). The summed E-state index contributed by atoms with van der Waals surface area (Å²) in [6.45, 7) is 0.347. The second kappa shape index (κ2) is 10.3. The number of carbonyl (C=O) groups is 1. The molecule has 0 spiro atoms. The minimum atomic E-state index is -0.433. The molecule has 0 aliphatic heterocycles. The number of rotatable bonds is 6. The fourth-order valence-electron chi connectivity index (χ4n) is 5.12. The third-order valence-corrected chi connectivity index (χ3v) is 7.23. The maximum atomic E-state index is 12.4. The Balaban J connectivity index is 1.47. The minimum Gasteiger partial charge on any atom is -0.362 e. The van der Waals surface area contributed by atoms with E-state index in [9.17, 15) is 4.79 Å². The lowest BCUT2D eigenvalue weighted by molar-refractivity contribution is 0.248. The van der Waals surface area contributed by atoms with Crippen LogP contribution in [0.5, 0.6) is 0 Å². The van der Waals surface area contributed by atoms with Crippen molar-refractivity contribution >= 4 is 39.4 Å². The van der Waals surface area contributed by atoms with Crippen LogP contribution in [-0.4, -0.2) is 42.2 Å². The summed E-state index contributed by atoms with van der Waals surface area (Å²) in [4.78, 5) is 25.9. The molecule has 0 radical (unpaired) electrons. The SMILES string of the molecule is CN(C)c1nc(NC2CCC(N(C(N)=O)c3ccc(Br)cc3CN)CC2)nc2c1CCCC2. The number of hydrogen-bond acceptors (Lipinski definition) is 6. The van der Waals surface area contributed by atoms with Gasteiger partial charge in [-0.1, -0.05) is 15.9 Å². The third-order valence-electron chi connectivity index (χ3n) is 6.74. The van der Waals surface area contributed by atoms with E-state index in [0.29, 0.717) is 12.5 Å². The van der Waals surface area contributed by atoms with Crippen molar-refractivity contribution in [2.24, 2.45) is 11.5 Å². The van der Waals surface area contributed by atoms with Crippen LogP contribution in [0.25, 0.3) is 0 Å². The van der Waals surface area contributed by atoms with Gasteiger partial charge in [-0.2, -0.15) is 4.98 Å². The topological polar surface area (TPSA) is 113 Å². The van der Waals surface area contributed by atoms with Crippen molar-refractivity contribution in [1.82, 2.24) is 9.97 Å². The van der Waals surface area contributed by atoms with Gasteiger partial charge in [0.25, 0.3) is 0 Å². The van der Waals surface area contributed by atoms with Crippen molar-refractivity contribution in [3.05, 3.63) is 39.5 Å². The highest BCUT2D eigenvalue weighted by atomic mass is 79.9. The van der Waals surface area contributed by atoms with Gasteiger partial charge in [0.2, 0.25) is 5.95 Å². The van der Waals surface area contributed by atoms with Crippen LogP contribution in [0.1, 0.15) is 55.3 Å². The number of nitrogens with zero attached hydrogens (tertiary/aromatic N) is 4. The first kappa shape index (κ1) is 23.8. The molecule has 1 aromatic carbocycles. The summed E-state index contributed by atoms with van der Waals surface area (Å²) in [7, 11) is 4.09. The van der Waals surface area contributed by atoms with Gasteiger partial charge in [0, 0.05) is 42.8 Å². The van der Waals surface area contributed by atoms with E-state index in [1.165, 1.54) is 24.1 Å². The number of carbonyl (C=O) groups excluding carboxylic acids is 1. The molecule has 0 unspecified atom stereocenters. The molecule has 1 fully saturated rings. The van der Waals surface area contributed by atoms with Crippen molar-refractivity contribution in [3.63, 3.8) is 0 Å². The van der Waals surface area contributed by atoms with E-state index in [1.54, 1.807) is 4.90 Å². The van der Waals surface area contributed by atoms with E-state index in [1.807, 2.05) is 32.3 Å². The van der Waals surface area contributed by atoms with E-state index >= 15 is 0 Å². The van der Waals surface area contributed by atoms with Crippen LogP contribution < -0.4 is 26.6 Å². The molecule has 0 bridgehead atoms. The minimum absolute atomic E-state index is 0.0498. The summed E-state index contributed by atoms with van der Waals surface area (Å²) in [5.41, 5.74) is 16.0. The number of aromatic nitrogens is 2. The summed E-state index contributed by atoms with van der Waals surface area (Å²) in [6, 6.07) is 5.68. The zero-order chi connectivity index (χ0) is 23.5. The number of nitrogens with one attached hydrogen (secondary N) is 1. The lowest BCUT2D eigenvalue weighted by atomic mass is 9.89. The number of urea groups is 1. The molecule has 1 aromatic heterocycles. The predicted molar refractivity (Wildman–Crippen MR) is 137 cm³/mol. The fourth-order valence-corrected chi connectivity index (χ4v) is 5.53. The first-order chi connectivity index (χ1) is 15.9. The number of hydrogen-bond donors (Lipinski definition) is 3. The van der Waals surface area contributed by atoms with Crippen LogP contribution >= 0.6 is 15.9 Å². The second-order valence-corrected chi connectivity index (χ2v) is 10.1. The largest absolute Gasteiger partial charge is 0.362 e. The lowest BCUT2D eigenvalue weighted by Crippen LogP contribution is -2.47. The Bertz CT molecular complexity index is 1000. The van der Waals surface area contributed by atoms with Gasteiger partial charge in [0.1, 0.15) is 5.82 Å². The van der Waals surface area contributed by atoms with Crippen LogP contribution in [0.15, 0.2) is 22.7 Å². The lowest BCUT2D eigenvalue weighted by Gasteiger charge is -2.37. The maximum Gasteiger partial charge on any atom is 0.319 e. The Kier molecular flexibility index (Phi) is 7.38. The number of benzene rings is 1. The highest BCUT2D eigenvalue weighted by Gasteiger charge is 2.31. The Labute approximate surface area is 204 Å². The molecule has 8 nitrogen and oxygen atoms in total. The Hall–Kier alpha value is -2.39. The van der Waals surface area contributed by atoms with Crippen LogP contribution in [0.2, 0.25) is 0 Å². The van der Waals surface area contributed by atoms with Crippen LogP contribution in [0.3, 0.4) is 0 Å². The van der Waals surface area contributed by atoms with Gasteiger partial charge in [-0.25, -0.2) is 9.78 Å². The smallest absolute Gasteiger partial charge is 0.319 e. The average molecular weight is 516 g/mol. The van der Waals surface area contributed by atoms with E-state index in [4.69, 9.17) is 21.4 Å². The molecule has 9 heteroatoms. The average Bonchev–Trinajstić information content (AvgIpc) is 2.80. The van der Waals surface area contributed by atoms with E-state index in [-0.39, 0.29) is 12.1 Å². The molecule has 4 rings (SSSR count). The van der Waals surface area contributed by atoms with Gasteiger partial charge in [-0.3, -0.25) is 4.90 Å². The van der Waals surface area contributed by atoms with Gasteiger partial charge in [-0.05, 0) is 75.1 Å². The zero-order valence-corrected chi connectivity index (χ0v) is 21.1. The maximum absolute atomic E-state index is 12.4. The van der Waals surface area contributed by atoms with Crippen molar-refractivity contribution in [1.29, 1.82) is 0 Å². The molecule has 2 amide bonds. The quantitative estimate of drug-likeness (QED) is 0.536. The van der Waals surface area contributed by atoms with E-state index in [2.05, 4.69) is 26.1 Å². The Morgan fingerprint density at radius 1 is 1.15 bits per heavy atom. The van der Waals surface area contributed by atoms with Crippen molar-refractivity contribution < 1.29 is 4.79 Å². The van der Waals surface area contributed by atoms with Crippen LogP contribution in [0.4, 0.5) is 22.2 Å². The number of nitrogens with two attached hydrogens (primary N) is 2. The van der Waals surface area contributed by atoms with E-state index in [0.717, 1.165) is 60.1 Å². The number of amides is 2. The summed E-state index contributed by atoms with van der Waals surface area (Å²) in [6.07, 6.45) is 8.00. The third kappa shape index (κ3) is 5.24. The number of primary amides is 1. The molecule has 0 saturated heterocycles. The molecule has 1 saturated carbocycles. The first-order valence-electron chi connectivity index (χ1n) is 11.8. The number of fused-ring (bicyclic) bond motifs is 1. The summed E-state index contributed by atoms with van der Waals surface area (Å²) in [5.74, 6) is 1.74. The van der Waals surface area contributed by atoms with Crippen LogP contribution in [-0.2, 0) is 19.4 Å². The van der Waals surface area contributed by atoms with Crippen molar-refractivity contribution in [2.45, 2.75) is 70.0 Å². The summed E-state index contributed by atoms with van der Waals surface area (Å²) in [5, 5.41) is 3.57. The number of anilines is 3. The van der Waals surface area contributed by atoms with Crippen molar-refractivity contribution in [2.75, 3.05) is 29.2 Å². The molecule has 2 aliphatic carbocycles. The van der Waals surface area contributed by atoms with Gasteiger partial charge in [0.05, 0.1) is 11.4 Å². The number of halogens is 1. The Morgan fingerprint density at radius 3 is 2.55 bits per heavy atom.